The molecule has 0 radical (unpaired) electrons. The summed E-state index contributed by atoms with van der Waals surface area (Å²) < 4.78 is 0. The summed E-state index contributed by atoms with van der Waals surface area (Å²) in [5.74, 6) is 0. The second-order valence-electron chi connectivity index (χ2n) is 9.33. The number of hydrogen-bond acceptors (Lipinski definition) is 0. The van der Waals surface area contributed by atoms with Gasteiger partial charge in [0, 0.05) is 0 Å². The molecule has 0 rings (SSSR count). The normalized spacial score (nSPS) is 14.6. The Morgan fingerprint density at radius 1 is 0.381 bits per heavy atom. The minimum absolute atomic E-state index is 0.903. The van der Waals surface area contributed by atoms with Gasteiger partial charge in [-0.05, 0) is 0 Å². The fourth-order valence-corrected chi connectivity index (χ4v) is 27.8. The third kappa shape index (κ3) is 3.86. The monoisotopic (exact) mass is 328 g/mol. The summed E-state index contributed by atoms with van der Waals surface area (Å²) in [6.45, 7) is 30.4. The van der Waals surface area contributed by atoms with Crippen molar-refractivity contribution in [1.29, 1.82) is 0 Å². The summed E-state index contributed by atoms with van der Waals surface area (Å²) in [5.41, 5.74) is 7.06. The Morgan fingerprint density at radius 3 is 0.619 bits per heavy atom. The SMILES string of the molecule is CC(C)[Si](C[Si](C(C)C)(C(C)C)C(C)C)(C(C)C)C(C)C. The molecule has 0 saturated carbocycles. The van der Waals surface area contributed by atoms with E-state index >= 15 is 0 Å². The highest BCUT2D eigenvalue weighted by Gasteiger charge is 2.53. The van der Waals surface area contributed by atoms with Gasteiger partial charge in [-0.1, -0.05) is 122 Å². The molecule has 0 unspecified atom stereocenters. The molecule has 2 heteroatoms. The second kappa shape index (κ2) is 7.81. The molecule has 21 heavy (non-hydrogen) atoms. The summed E-state index contributed by atoms with van der Waals surface area (Å²) >= 11 is 0. The Bertz CT molecular complexity index is 227. The van der Waals surface area contributed by atoms with E-state index in [1.54, 1.807) is 5.67 Å². The van der Waals surface area contributed by atoms with Crippen molar-refractivity contribution in [3.63, 3.8) is 0 Å². The number of rotatable bonds is 8. The van der Waals surface area contributed by atoms with Crippen LogP contribution in [0.3, 0.4) is 0 Å². The van der Waals surface area contributed by atoms with Gasteiger partial charge in [0.25, 0.3) is 0 Å². The molecule has 0 nitrogen and oxygen atoms in total. The Kier molecular flexibility index (Phi) is 7.97. The van der Waals surface area contributed by atoms with Crippen LogP contribution in [0.5, 0.6) is 0 Å². The molecule has 0 aromatic rings. The first-order valence-corrected chi connectivity index (χ1v) is 14.2. The van der Waals surface area contributed by atoms with Crippen molar-refractivity contribution in [3.05, 3.63) is 0 Å². The van der Waals surface area contributed by atoms with E-state index in [-0.39, 0.29) is 0 Å². The molecule has 0 atom stereocenters. The van der Waals surface area contributed by atoms with Crippen molar-refractivity contribution in [1.82, 2.24) is 0 Å². The summed E-state index contributed by atoms with van der Waals surface area (Å²) in [6.07, 6.45) is 0. The maximum Gasteiger partial charge on any atom is 0.0587 e. The molecule has 0 aliphatic carbocycles. The van der Waals surface area contributed by atoms with Crippen LogP contribution in [-0.2, 0) is 0 Å². The molecule has 0 aliphatic heterocycles. The predicted octanol–water partition coefficient (Wildman–Crippen LogP) is 7.88. The van der Waals surface area contributed by atoms with Crippen LogP contribution in [0.15, 0.2) is 0 Å². The Labute approximate surface area is 138 Å². The molecule has 0 amide bonds. The van der Waals surface area contributed by atoms with Crippen molar-refractivity contribution in [3.8, 4) is 0 Å². The van der Waals surface area contributed by atoms with Gasteiger partial charge in [0.15, 0.2) is 0 Å². The average Bonchev–Trinajstić information content (AvgIpc) is 2.26. The Balaban J connectivity index is 6.06. The molecule has 0 spiro atoms. The topological polar surface area (TPSA) is 0 Å². The highest BCUT2D eigenvalue weighted by atomic mass is 28.4. The molecule has 0 fully saturated rings. The van der Waals surface area contributed by atoms with Crippen molar-refractivity contribution in [2.45, 2.75) is 122 Å². The third-order valence-corrected chi connectivity index (χ3v) is 24.9. The van der Waals surface area contributed by atoms with Gasteiger partial charge in [0.1, 0.15) is 0 Å². The molecule has 0 aliphatic rings. The maximum atomic E-state index is 2.53. The van der Waals surface area contributed by atoms with E-state index in [1.165, 1.54) is 0 Å². The molecule has 128 valence electrons. The first-order valence-electron chi connectivity index (χ1n) is 9.37. The first-order chi connectivity index (χ1) is 9.37. The second-order valence-corrected chi connectivity index (χ2v) is 22.1. The zero-order chi connectivity index (χ0) is 17.2. The van der Waals surface area contributed by atoms with E-state index in [0.29, 0.717) is 0 Å². The molecule has 0 heterocycles. The highest BCUT2D eigenvalue weighted by molar-refractivity contribution is 7.00. The zero-order valence-corrected chi connectivity index (χ0v) is 19.2. The fourth-order valence-electron chi connectivity index (χ4n) is 5.76. The maximum absolute atomic E-state index is 2.53. The predicted molar refractivity (Wildman–Crippen MR) is 107 cm³/mol. The lowest BCUT2D eigenvalue weighted by Crippen LogP contribution is -2.57. The molecular weight excluding hydrogens is 284 g/mol. The molecule has 0 aromatic carbocycles. The van der Waals surface area contributed by atoms with E-state index in [1.807, 2.05) is 0 Å². The van der Waals surface area contributed by atoms with Crippen LogP contribution in [0.2, 0.25) is 38.9 Å². The minimum atomic E-state index is -1.29. The van der Waals surface area contributed by atoms with Gasteiger partial charge in [-0.25, -0.2) is 0 Å². The van der Waals surface area contributed by atoms with Crippen LogP contribution < -0.4 is 0 Å². The van der Waals surface area contributed by atoms with Crippen LogP contribution in [0, 0.1) is 0 Å². The van der Waals surface area contributed by atoms with Crippen LogP contribution in [0.25, 0.3) is 0 Å². The summed E-state index contributed by atoms with van der Waals surface area (Å²) in [7, 11) is -2.58. The quantitative estimate of drug-likeness (QED) is 0.397. The largest absolute Gasteiger partial charge is 0.0652 e. The summed E-state index contributed by atoms with van der Waals surface area (Å²) in [6, 6.07) is 0. The third-order valence-electron chi connectivity index (χ3n) is 7.06. The number of hydrogen-bond donors (Lipinski definition) is 0. The van der Waals surface area contributed by atoms with E-state index in [4.69, 9.17) is 0 Å². The van der Waals surface area contributed by atoms with E-state index in [2.05, 4.69) is 83.1 Å². The Hall–Kier alpha value is 0.434. The van der Waals surface area contributed by atoms with E-state index in [9.17, 15) is 0 Å². The minimum Gasteiger partial charge on any atom is -0.0652 e. The van der Waals surface area contributed by atoms with Crippen molar-refractivity contribution in [2.75, 3.05) is 0 Å². The lowest BCUT2D eigenvalue weighted by molar-refractivity contribution is 0.776. The van der Waals surface area contributed by atoms with Crippen LogP contribution in [0.4, 0.5) is 0 Å². The Morgan fingerprint density at radius 2 is 0.524 bits per heavy atom. The molecule has 0 saturated heterocycles. The van der Waals surface area contributed by atoms with Gasteiger partial charge in [0.05, 0.1) is 16.1 Å². The van der Waals surface area contributed by atoms with Gasteiger partial charge in [-0.2, -0.15) is 0 Å². The smallest absolute Gasteiger partial charge is 0.0587 e. The van der Waals surface area contributed by atoms with Gasteiger partial charge in [0.2, 0.25) is 0 Å². The van der Waals surface area contributed by atoms with E-state index in [0.717, 1.165) is 33.2 Å². The highest BCUT2D eigenvalue weighted by Crippen LogP contribution is 2.54. The molecule has 0 bridgehead atoms. The van der Waals surface area contributed by atoms with Crippen molar-refractivity contribution < 1.29 is 0 Å². The van der Waals surface area contributed by atoms with Crippen LogP contribution >= 0.6 is 0 Å². The van der Waals surface area contributed by atoms with Crippen LogP contribution in [0.1, 0.15) is 83.1 Å². The van der Waals surface area contributed by atoms with E-state index < -0.39 is 16.1 Å². The van der Waals surface area contributed by atoms with Gasteiger partial charge in [-0.15, -0.1) is 0 Å². The van der Waals surface area contributed by atoms with Gasteiger partial charge in [-0.3, -0.25) is 0 Å². The first kappa shape index (κ1) is 21.4. The summed E-state index contributed by atoms with van der Waals surface area (Å²) in [5, 5.41) is 0. The fraction of sp³-hybridized carbons (Fsp3) is 1.00. The lowest BCUT2D eigenvalue weighted by Gasteiger charge is -2.54. The standard InChI is InChI=1S/C19H44Si2/c1-14(2)20(15(3)4,16(5)6)13-21(17(7)8,18(9)10)19(11)12/h14-19H,13H2,1-12H3. The molecular formula is C19H44Si2. The van der Waals surface area contributed by atoms with Crippen LogP contribution in [-0.4, -0.2) is 16.1 Å². The zero-order valence-electron chi connectivity index (χ0n) is 17.2. The average molecular weight is 329 g/mol. The van der Waals surface area contributed by atoms with Crippen molar-refractivity contribution in [2.24, 2.45) is 0 Å². The summed E-state index contributed by atoms with van der Waals surface area (Å²) in [4.78, 5) is 0. The lowest BCUT2D eigenvalue weighted by atomic mass is 10.5. The van der Waals surface area contributed by atoms with Gasteiger partial charge >= 0.3 is 0 Å². The van der Waals surface area contributed by atoms with Gasteiger partial charge < -0.3 is 0 Å². The molecule has 0 N–H and O–H groups in total. The van der Waals surface area contributed by atoms with Crippen molar-refractivity contribution >= 4 is 16.1 Å². The molecule has 0 aromatic heterocycles.